The van der Waals surface area contributed by atoms with Crippen LogP contribution in [0.25, 0.3) is 10.9 Å². The van der Waals surface area contributed by atoms with E-state index in [0.29, 0.717) is 11.1 Å². The average Bonchev–Trinajstić information content (AvgIpc) is 2.87. The van der Waals surface area contributed by atoms with Crippen LogP contribution in [-0.2, 0) is 6.42 Å². The molecule has 24 heavy (non-hydrogen) atoms. The first-order valence-corrected chi connectivity index (χ1v) is 8.57. The van der Waals surface area contributed by atoms with Crippen LogP contribution in [0.4, 0.5) is 5.69 Å². The molecular weight excluding hydrogens is 368 g/mol. The summed E-state index contributed by atoms with van der Waals surface area (Å²) in [6, 6.07) is 13.3. The van der Waals surface area contributed by atoms with Crippen LogP contribution in [0.2, 0.25) is 0 Å². The van der Waals surface area contributed by atoms with Crippen LogP contribution in [0, 0.1) is 0 Å². The van der Waals surface area contributed by atoms with E-state index in [0.717, 1.165) is 22.0 Å². The van der Waals surface area contributed by atoms with Crippen LogP contribution in [0.15, 0.2) is 57.9 Å². The summed E-state index contributed by atoms with van der Waals surface area (Å²) in [5.41, 5.74) is 2.72. The fraction of sp³-hybridized carbons (Fsp3) is 0.158. The molecule has 3 aromatic rings. The van der Waals surface area contributed by atoms with Crippen LogP contribution in [0.5, 0.6) is 0 Å². The summed E-state index contributed by atoms with van der Waals surface area (Å²) in [6.45, 7) is 2.10. The number of aromatic nitrogens is 1. The summed E-state index contributed by atoms with van der Waals surface area (Å²) in [5.74, 6) is -0.381. The third-order valence-corrected chi connectivity index (χ3v) is 4.95. The van der Waals surface area contributed by atoms with Gasteiger partial charge in [-0.15, -0.1) is 0 Å². The molecule has 1 aliphatic rings. The molecule has 1 amide bonds. The van der Waals surface area contributed by atoms with Gasteiger partial charge in [-0.05, 0) is 43.2 Å². The molecule has 4 rings (SSSR count). The molecule has 2 aromatic carbocycles. The van der Waals surface area contributed by atoms with Gasteiger partial charge in [-0.3, -0.25) is 9.59 Å². The number of pyridine rings is 1. The van der Waals surface area contributed by atoms with E-state index in [1.54, 1.807) is 24.4 Å². The molecule has 2 heterocycles. The SMILES string of the molecule is CC1Cc2cccc3c(=O)c(C(=O)Nc4cccc(Br)c4)cn1c23. The minimum absolute atomic E-state index is 0.174. The maximum atomic E-state index is 12.8. The Hall–Kier alpha value is -2.40. The summed E-state index contributed by atoms with van der Waals surface area (Å²) < 4.78 is 2.91. The molecular formula is C19H15BrN2O2. The monoisotopic (exact) mass is 382 g/mol. The zero-order valence-corrected chi connectivity index (χ0v) is 14.6. The van der Waals surface area contributed by atoms with Gasteiger partial charge in [0, 0.05) is 27.8 Å². The number of halogens is 1. The summed E-state index contributed by atoms with van der Waals surface area (Å²) in [4.78, 5) is 25.4. The van der Waals surface area contributed by atoms with Crippen LogP contribution >= 0.6 is 15.9 Å². The zero-order chi connectivity index (χ0) is 16.8. The van der Waals surface area contributed by atoms with Crippen molar-refractivity contribution >= 4 is 38.4 Å². The van der Waals surface area contributed by atoms with E-state index in [9.17, 15) is 9.59 Å². The molecule has 1 unspecified atom stereocenters. The highest BCUT2D eigenvalue weighted by atomic mass is 79.9. The van der Waals surface area contributed by atoms with Crippen molar-refractivity contribution in [3.05, 3.63) is 74.5 Å². The predicted octanol–water partition coefficient (Wildman–Crippen LogP) is 4.13. The molecule has 4 nitrogen and oxygen atoms in total. The second-order valence-electron chi connectivity index (χ2n) is 6.11. The van der Waals surface area contributed by atoms with Gasteiger partial charge in [0.15, 0.2) is 0 Å². The molecule has 1 aliphatic heterocycles. The minimum Gasteiger partial charge on any atom is -0.343 e. The quantitative estimate of drug-likeness (QED) is 0.724. The third-order valence-electron chi connectivity index (χ3n) is 4.45. The molecule has 0 radical (unpaired) electrons. The Labute approximate surface area is 147 Å². The lowest BCUT2D eigenvalue weighted by molar-refractivity contribution is 0.102. The summed E-state index contributed by atoms with van der Waals surface area (Å²) in [5, 5.41) is 3.42. The second-order valence-corrected chi connectivity index (χ2v) is 7.03. The minimum atomic E-state index is -0.381. The molecule has 1 aromatic heterocycles. The Morgan fingerprint density at radius 3 is 2.83 bits per heavy atom. The third kappa shape index (κ3) is 2.36. The first kappa shape index (κ1) is 15.1. The molecule has 1 N–H and O–H groups in total. The number of benzene rings is 2. The maximum absolute atomic E-state index is 12.8. The van der Waals surface area contributed by atoms with Gasteiger partial charge >= 0.3 is 0 Å². The van der Waals surface area contributed by atoms with Crippen molar-refractivity contribution in [2.24, 2.45) is 0 Å². The van der Waals surface area contributed by atoms with Gasteiger partial charge in [0.05, 0.1) is 5.52 Å². The lowest BCUT2D eigenvalue weighted by Crippen LogP contribution is -2.23. The molecule has 1 atom stereocenters. The smallest absolute Gasteiger partial charge is 0.261 e. The first-order valence-electron chi connectivity index (χ1n) is 7.78. The van der Waals surface area contributed by atoms with Gasteiger partial charge in [0.2, 0.25) is 5.43 Å². The van der Waals surface area contributed by atoms with Gasteiger partial charge in [-0.1, -0.05) is 34.1 Å². The van der Waals surface area contributed by atoms with Crippen molar-refractivity contribution in [3.63, 3.8) is 0 Å². The summed E-state index contributed by atoms with van der Waals surface area (Å²) >= 11 is 3.38. The molecule has 5 heteroatoms. The van der Waals surface area contributed by atoms with Crippen molar-refractivity contribution in [1.82, 2.24) is 4.57 Å². The number of nitrogens with zero attached hydrogens (tertiary/aromatic N) is 1. The van der Waals surface area contributed by atoms with E-state index < -0.39 is 0 Å². The Morgan fingerprint density at radius 2 is 2.04 bits per heavy atom. The van der Waals surface area contributed by atoms with Gasteiger partial charge in [-0.2, -0.15) is 0 Å². The number of carbonyl (C=O) groups excluding carboxylic acids is 1. The van der Waals surface area contributed by atoms with E-state index in [-0.39, 0.29) is 22.9 Å². The Balaban J connectivity index is 1.82. The fourth-order valence-corrected chi connectivity index (χ4v) is 3.74. The van der Waals surface area contributed by atoms with E-state index in [2.05, 4.69) is 28.2 Å². The zero-order valence-electron chi connectivity index (χ0n) is 13.0. The molecule has 0 saturated carbocycles. The van der Waals surface area contributed by atoms with Crippen molar-refractivity contribution in [2.75, 3.05) is 5.32 Å². The topological polar surface area (TPSA) is 51.1 Å². The number of carbonyl (C=O) groups is 1. The highest BCUT2D eigenvalue weighted by Gasteiger charge is 2.24. The van der Waals surface area contributed by atoms with E-state index in [1.165, 1.54) is 0 Å². The van der Waals surface area contributed by atoms with Crippen molar-refractivity contribution in [1.29, 1.82) is 0 Å². The predicted molar refractivity (Wildman–Crippen MR) is 98.7 cm³/mol. The maximum Gasteiger partial charge on any atom is 0.261 e. The number of hydrogen-bond donors (Lipinski definition) is 1. The van der Waals surface area contributed by atoms with Gasteiger partial charge in [0.25, 0.3) is 5.91 Å². The molecule has 0 aliphatic carbocycles. The second kappa shape index (κ2) is 5.60. The van der Waals surface area contributed by atoms with Crippen LogP contribution in [-0.4, -0.2) is 10.5 Å². The Morgan fingerprint density at radius 1 is 1.25 bits per heavy atom. The Bertz CT molecular complexity index is 1040. The van der Waals surface area contributed by atoms with Gasteiger partial charge < -0.3 is 9.88 Å². The normalized spacial score (nSPS) is 15.7. The molecule has 0 bridgehead atoms. The molecule has 0 fully saturated rings. The molecule has 0 spiro atoms. The average molecular weight is 383 g/mol. The lowest BCUT2D eigenvalue weighted by Gasteiger charge is -2.12. The highest BCUT2D eigenvalue weighted by Crippen LogP contribution is 2.31. The van der Waals surface area contributed by atoms with Crippen LogP contribution in [0.1, 0.15) is 28.9 Å². The lowest BCUT2D eigenvalue weighted by atomic mass is 10.1. The van der Waals surface area contributed by atoms with E-state index in [1.807, 2.05) is 28.8 Å². The van der Waals surface area contributed by atoms with E-state index >= 15 is 0 Å². The van der Waals surface area contributed by atoms with Crippen molar-refractivity contribution in [3.8, 4) is 0 Å². The first-order chi connectivity index (χ1) is 11.5. The van der Waals surface area contributed by atoms with Crippen molar-refractivity contribution in [2.45, 2.75) is 19.4 Å². The Kier molecular flexibility index (Phi) is 3.53. The molecule has 0 saturated heterocycles. The van der Waals surface area contributed by atoms with Crippen LogP contribution < -0.4 is 10.7 Å². The number of amides is 1. The van der Waals surface area contributed by atoms with Crippen molar-refractivity contribution < 1.29 is 4.79 Å². The standard InChI is InChI=1S/C19H15BrN2O2/c1-11-8-12-4-2-7-15-17(12)22(11)10-16(18(15)23)19(24)21-14-6-3-5-13(20)9-14/h2-7,9-11H,8H2,1H3,(H,21,24). The van der Waals surface area contributed by atoms with Gasteiger partial charge in [-0.25, -0.2) is 0 Å². The summed E-state index contributed by atoms with van der Waals surface area (Å²) in [6.07, 6.45) is 2.58. The number of nitrogens with one attached hydrogen (secondary N) is 1. The fourth-order valence-electron chi connectivity index (χ4n) is 3.34. The van der Waals surface area contributed by atoms with E-state index in [4.69, 9.17) is 0 Å². The van der Waals surface area contributed by atoms with Gasteiger partial charge in [0.1, 0.15) is 5.56 Å². The van der Waals surface area contributed by atoms with Crippen LogP contribution in [0.3, 0.4) is 0 Å². The summed E-state index contributed by atoms with van der Waals surface area (Å²) in [7, 11) is 0. The number of para-hydroxylation sites is 1. The number of anilines is 1. The number of hydrogen-bond acceptors (Lipinski definition) is 2. The highest BCUT2D eigenvalue weighted by molar-refractivity contribution is 9.10. The molecule has 120 valence electrons. The number of rotatable bonds is 2. The largest absolute Gasteiger partial charge is 0.343 e.